The van der Waals surface area contributed by atoms with Crippen LogP contribution in [0.15, 0.2) is 140 Å². The number of benzene rings is 6. The van der Waals surface area contributed by atoms with Crippen molar-refractivity contribution >= 4 is 57.2 Å². The Kier molecular flexibility index (Phi) is 16.7. The van der Waals surface area contributed by atoms with E-state index in [-0.39, 0.29) is 18.3 Å². The van der Waals surface area contributed by atoms with Crippen LogP contribution in [0.2, 0.25) is 0 Å². The Morgan fingerprint density at radius 1 is 0.392 bits per heavy atom. The molecule has 0 atom stereocenters. The first-order chi connectivity index (χ1) is 36.1. The van der Waals surface area contributed by atoms with Gasteiger partial charge in [0, 0.05) is 11.6 Å². The minimum absolute atomic E-state index is 0.0462. The van der Waals surface area contributed by atoms with Gasteiger partial charge in [0.1, 0.15) is 12.1 Å². The molecule has 0 amide bonds. The second-order valence-corrected chi connectivity index (χ2v) is 17.4. The zero-order valence-electron chi connectivity index (χ0n) is 38.6. The summed E-state index contributed by atoms with van der Waals surface area (Å²) >= 11 is 4.14. The SMILES string of the molecule is FC(F)(F)c1cc([B-](c2cc(C(F)(F)F)cc(C(F)(F)F)c2)(c2cc(C(F)(F)F)cc(C(F)(F)F)c2)c2cc(C(F)(F)F)cc(C(F)(F)F)c2)cc(C(F)(F)F)c1.O=C(C[n+]1ccc2ccccc2c1OCS)c1ccccc1. The number of carbonyl (C=O) groups excluding carboxylic acids is 1. The van der Waals surface area contributed by atoms with Crippen LogP contribution in [-0.4, -0.2) is 17.9 Å². The number of alkyl halides is 24. The van der Waals surface area contributed by atoms with Crippen molar-refractivity contribution in [3.8, 4) is 5.88 Å². The van der Waals surface area contributed by atoms with Crippen molar-refractivity contribution in [2.75, 3.05) is 5.94 Å². The monoisotopic (exact) mass is 1170 g/mol. The van der Waals surface area contributed by atoms with Crippen LogP contribution in [0.1, 0.15) is 54.9 Å². The molecule has 0 aliphatic rings. The summed E-state index contributed by atoms with van der Waals surface area (Å²) < 4.78 is 348. The normalized spacial score (nSPS) is 13.3. The van der Waals surface area contributed by atoms with E-state index in [1.54, 1.807) is 0 Å². The topological polar surface area (TPSA) is 30.2 Å². The molecule has 0 saturated carbocycles. The van der Waals surface area contributed by atoms with E-state index in [2.05, 4.69) is 12.6 Å². The summed E-state index contributed by atoms with van der Waals surface area (Å²) in [5.41, 5.74) is -29.5. The van der Waals surface area contributed by atoms with E-state index in [1.165, 1.54) is 0 Å². The van der Waals surface area contributed by atoms with Crippen molar-refractivity contribution in [2.24, 2.45) is 0 Å². The van der Waals surface area contributed by atoms with Crippen LogP contribution in [0.3, 0.4) is 0 Å². The van der Waals surface area contributed by atoms with Crippen molar-refractivity contribution in [3.63, 3.8) is 0 Å². The zero-order valence-corrected chi connectivity index (χ0v) is 39.4. The van der Waals surface area contributed by atoms with Crippen LogP contribution in [0.4, 0.5) is 105 Å². The molecule has 6 aromatic carbocycles. The lowest BCUT2D eigenvalue weighted by atomic mass is 9.12. The first-order valence-electron chi connectivity index (χ1n) is 21.6. The highest BCUT2D eigenvalue weighted by atomic mass is 32.1. The molecule has 1 aromatic heterocycles. The molecule has 0 radical (unpaired) electrons. The van der Waals surface area contributed by atoms with E-state index in [0.717, 1.165) is 10.8 Å². The lowest BCUT2D eigenvalue weighted by molar-refractivity contribution is -0.686. The summed E-state index contributed by atoms with van der Waals surface area (Å²) in [7, 11) is 0. The third kappa shape index (κ3) is 13.9. The molecular formula is C50H28BF24NO2S. The maximum atomic E-state index is 14.2. The number of carbonyl (C=O) groups is 1. The fraction of sp³-hybridized carbons (Fsp3) is 0.200. The van der Waals surface area contributed by atoms with Gasteiger partial charge in [-0.2, -0.15) is 132 Å². The van der Waals surface area contributed by atoms with Crippen LogP contribution in [-0.2, 0) is 56.0 Å². The van der Waals surface area contributed by atoms with Crippen LogP contribution in [0, 0.1) is 0 Å². The fourth-order valence-corrected chi connectivity index (χ4v) is 8.64. The predicted octanol–water partition coefficient (Wildman–Crippen LogP) is 14.5. The Balaban J connectivity index is 0.000000378. The fourth-order valence-electron chi connectivity index (χ4n) is 8.52. The van der Waals surface area contributed by atoms with E-state index in [9.17, 15) is 110 Å². The van der Waals surface area contributed by atoms with Crippen molar-refractivity contribution < 1.29 is 119 Å². The van der Waals surface area contributed by atoms with Gasteiger partial charge >= 0.3 is 55.3 Å². The summed E-state index contributed by atoms with van der Waals surface area (Å²) in [5.74, 6) is 0.968. The lowest BCUT2D eigenvalue weighted by Gasteiger charge is -2.46. The van der Waals surface area contributed by atoms with E-state index in [1.807, 2.05) is 71.4 Å². The third-order valence-electron chi connectivity index (χ3n) is 11.9. The van der Waals surface area contributed by atoms with Gasteiger partial charge in [0.25, 0.3) is 0 Å². The molecule has 3 nitrogen and oxygen atoms in total. The molecule has 422 valence electrons. The average Bonchev–Trinajstić information content (AvgIpc) is 3.55. The molecule has 7 aromatic rings. The largest absolute Gasteiger partial charge is 0.433 e. The Morgan fingerprint density at radius 2 is 0.671 bits per heavy atom. The van der Waals surface area contributed by atoms with Crippen LogP contribution in [0.5, 0.6) is 5.88 Å². The first-order valence-corrected chi connectivity index (χ1v) is 22.3. The Bertz CT molecular complexity index is 2920. The van der Waals surface area contributed by atoms with Crippen molar-refractivity contribution in [1.29, 1.82) is 0 Å². The molecule has 0 unspecified atom stereocenters. The molecule has 1 heterocycles. The highest BCUT2D eigenvalue weighted by Gasteiger charge is 2.47. The van der Waals surface area contributed by atoms with Gasteiger partial charge in [0.2, 0.25) is 12.3 Å². The highest BCUT2D eigenvalue weighted by molar-refractivity contribution is 7.80. The number of hydrogen-bond donors (Lipinski definition) is 1. The minimum atomic E-state index is -6.13. The number of nitrogens with zero attached hydrogens (tertiary/aromatic N) is 1. The number of pyridine rings is 1. The van der Waals surface area contributed by atoms with Gasteiger partial charge in [0.15, 0.2) is 6.20 Å². The maximum Gasteiger partial charge on any atom is 0.416 e. The van der Waals surface area contributed by atoms with Gasteiger partial charge in [-0.25, -0.2) is 0 Å². The molecular weight excluding hydrogens is 1150 g/mol. The molecule has 29 heteroatoms. The summed E-state index contributed by atoms with van der Waals surface area (Å²) in [4.78, 5) is 12.4. The third-order valence-corrected chi connectivity index (χ3v) is 12.1. The van der Waals surface area contributed by atoms with Crippen LogP contribution >= 0.6 is 12.6 Å². The molecule has 0 bridgehead atoms. The van der Waals surface area contributed by atoms with Crippen LogP contribution < -0.4 is 31.2 Å². The van der Waals surface area contributed by atoms with E-state index in [4.69, 9.17) is 4.74 Å². The average molecular weight is 1170 g/mol. The number of fused-ring (bicyclic) bond motifs is 1. The number of rotatable bonds is 9. The molecule has 0 fully saturated rings. The molecule has 0 aliphatic carbocycles. The molecule has 0 N–H and O–H groups in total. The minimum Gasteiger partial charge on any atom is -0.433 e. The predicted molar refractivity (Wildman–Crippen MR) is 239 cm³/mol. The van der Waals surface area contributed by atoms with E-state index < -0.39 is 195 Å². The van der Waals surface area contributed by atoms with Crippen LogP contribution in [0.25, 0.3) is 10.8 Å². The summed E-state index contributed by atoms with van der Waals surface area (Å²) in [6.45, 7) is 0.234. The number of Topliss-reactive ketones (excluding diaryl/α,β-unsaturated/α-hetero) is 1. The summed E-state index contributed by atoms with van der Waals surface area (Å²) in [6.07, 6.45) is -52.9. The van der Waals surface area contributed by atoms with Gasteiger partial charge in [-0.15, -0.1) is 12.6 Å². The lowest BCUT2D eigenvalue weighted by Crippen LogP contribution is -2.75. The number of ether oxygens (including phenoxy) is 1. The Hall–Kier alpha value is -7.07. The van der Waals surface area contributed by atoms with Crippen molar-refractivity contribution in [3.05, 3.63) is 190 Å². The van der Waals surface area contributed by atoms with Crippen molar-refractivity contribution in [1.82, 2.24) is 0 Å². The highest BCUT2D eigenvalue weighted by Crippen LogP contribution is 2.41. The van der Waals surface area contributed by atoms with Gasteiger partial charge in [-0.05, 0) is 35.7 Å². The zero-order chi connectivity index (χ0) is 59.3. The van der Waals surface area contributed by atoms with E-state index in [0.29, 0.717) is 11.4 Å². The summed E-state index contributed by atoms with van der Waals surface area (Å²) in [5, 5.41) is 2.04. The quantitative estimate of drug-likeness (QED) is 0.0390. The van der Waals surface area contributed by atoms with E-state index >= 15 is 0 Å². The van der Waals surface area contributed by atoms with Gasteiger partial charge < -0.3 is 4.74 Å². The second-order valence-electron chi connectivity index (χ2n) is 17.1. The van der Waals surface area contributed by atoms with Crippen molar-refractivity contribution in [2.45, 2.75) is 56.0 Å². The second kappa shape index (κ2) is 21.5. The van der Waals surface area contributed by atoms with Gasteiger partial charge in [-0.1, -0.05) is 97.1 Å². The molecule has 0 spiro atoms. The Labute approximate surface area is 433 Å². The standard InChI is InChI=1S/C32H12BF24.C18H15NO2S/c34-25(35,36)13-1-14(26(37,38)39)6-21(5-13)33(22-7-15(27(40,41)42)2-16(8-22)28(43,44)45,23-9-17(29(46,47)48)3-18(10-23)30(49,50)51)24-11-19(31(52,53)54)4-20(12-24)32(55,56)57;20-17(15-7-2-1-3-8-15)12-19-11-10-14-6-4-5-9-16(14)18(19)21-13-22/h1-12H;1-11H,12-13H2/q-1;/p+1. The smallest absolute Gasteiger partial charge is 0.416 e. The van der Waals surface area contributed by atoms with Gasteiger partial charge in [-0.3, -0.25) is 4.79 Å². The Morgan fingerprint density at radius 3 is 0.949 bits per heavy atom. The number of halogens is 24. The number of aromatic nitrogens is 1. The molecule has 0 saturated heterocycles. The number of thiol groups is 1. The number of hydrogen-bond acceptors (Lipinski definition) is 3. The maximum absolute atomic E-state index is 14.2. The number of ketones is 1. The molecule has 7 rings (SSSR count). The van der Waals surface area contributed by atoms with Gasteiger partial charge in [0.05, 0.1) is 49.9 Å². The first kappa shape index (κ1) is 61.2. The molecule has 79 heavy (non-hydrogen) atoms. The molecule has 0 aliphatic heterocycles. The summed E-state index contributed by atoms with van der Waals surface area (Å²) in [6, 6.07) is 10.4.